The smallest absolute Gasteiger partial charge is 0.289 e. The van der Waals surface area contributed by atoms with E-state index in [0.717, 1.165) is 12.8 Å². The molecular formula is C17H26N2O3. The molecule has 0 aromatic carbocycles. The summed E-state index contributed by atoms with van der Waals surface area (Å²) < 4.78 is 5.14. The number of unbranched alkanes of at least 4 members (excludes halogenated alkanes) is 4. The summed E-state index contributed by atoms with van der Waals surface area (Å²) in [6.45, 7) is 4.61. The molecule has 2 amide bonds. The molecule has 5 nitrogen and oxygen atoms in total. The number of rotatable bonds is 7. The van der Waals surface area contributed by atoms with E-state index in [9.17, 15) is 9.59 Å². The van der Waals surface area contributed by atoms with Gasteiger partial charge in [-0.2, -0.15) is 0 Å². The van der Waals surface area contributed by atoms with Crippen molar-refractivity contribution in [3.8, 4) is 0 Å². The second-order valence-corrected chi connectivity index (χ2v) is 5.81. The number of nitrogens with zero attached hydrogens (tertiary/aromatic N) is 2. The van der Waals surface area contributed by atoms with Crippen molar-refractivity contribution in [1.82, 2.24) is 9.80 Å². The lowest BCUT2D eigenvalue weighted by atomic mass is 10.1. The molecule has 1 aliphatic heterocycles. The van der Waals surface area contributed by atoms with Crippen LogP contribution in [-0.4, -0.2) is 47.8 Å². The van der Waals surface area contributed by atoms with Gasteiger partial charge in [-0.25, -0.2) is 0 Å². The number of carbonyl (C=O) groups is 2. The lowest BCUT2D eigenvalue weighted by molar-refractivity contribution is -0.132. The molecular weight excluding hydrogens is 280 g/mol. The van der Waals surface area contributed by atoms with E-state index in [4.69, 9.17) is 4.42 Å². The molecule has 1 fully saturated rings. The molecule has 0 unspecified atom stereocenters. The molecule has 5 heteroatoms. The van der Waals surface area contributed by atoms with Gasteiger partial charge in [0.05, 0.1) is 6.26 Å². The van der Waals surface area contributed by atoms with Crippen LogP contribution in [0.5, 0.6) is 0 Å². The Morgan fingerprint density at radius 2 is 1.73 bits per heavy atom. The maximum atomic E-state index is 12.1. The van der Waals surface area contributed by atoms with Crippen LogP contribution in [0.4, 0.5) is 0 Å². The normalized spacial score (nSPS) is 15.1. The van der Waals surface area contributed by atoms with Gasteiger partial charge in [-0.1, -0.05) is 32.6 Å². The van der Waals surface area contributed by atoms with Crippen molar-refractivity contribution in [3.05, 3.63) is 24.2 Å². The van der Waals surface area contributed by atoms with E-state index in [1.165, 1.54) is 25.5 Å². The van der Waals surface area contributed by atoms with Crippen LogP contribution >= 0.6 is 0 Å². The highest BCUT2D eigenvalue weighted by molar-refractivity contribution is 5.91. The van der Waals surface area contributed by atoms with Crippen molar-refractivity contribution in [1.29, 1.82) is 0 Å². The first-order chi connectivity index (χ1) is 10.7. The van der Waals surface area contributed by atoms with Crippen LogP contribution in [0, 0.1) is 0 Å². The SMILES string of the molecule is CCCCCCCC(=O)N1CCN(C(=O)c2ccco2)CC1. The molecule has 0 saturated carbocycles. The molecule has 1 aliphatic rings. The topological polar surface area (TPSA) is 53.8 Å². The van der Waals surface area contributed by atoms with Crippen LogP contribution in [-0.2, 0) is 4.79 Å². The summed E-state index contributed by atoms with van der Waals surface area (Å²) in [5.74, 6) is 0.508. The van der Waals surface area contributed by atoms with E-state index in [1.54, 1.807) is 17.0 Å². The predicted molar refractivity (Wildman–Crippen MR) is 84.6 cm³/mol. The molecule has 122 valence electrons. The van der Waals surface area contributed by atoms with Crippen LogP contribution in [0.15, 0.2) is 22.8 Å². The van der Waals surface area contributed by atoms with E-state index < -0.39 is 0 Å². The highest BCUT2D eigenvalue weighted by atomic mass is 16.3. The highest BCUT2D eigenvalue weighted by Gasteiger charge is 2.25. The Kier molecular flexibility index (Phi) is 6.49. The Labute approximate surface area is 132 Å². The van der Waals surface area contributed by atoms with Gasteiger partial charge in [0.15, 0.2) is 5.76 Å². The van der Waals surface area contributed by atoms with Gasteiger partial charge in [0.25, 0.3) is 5.91 Å². The van der Waals surface area contributed by atoms with Crippen LogP contribution in [0.3, 0.4) is 0 Å². The first kappa shape index (κ1) is 16.6. The fraction of sp³-hybridized carbons (Fsp3) is 0.647. The summed E-state index contributed by atoms with van der Waals surface area (Å²) >= 11 is 0. The van der Waals surface area contributed by atoms with Crippen LogP contribution in [0.25, 0.3) is 0 Å². The van der Waals surface area contributed by atoms with E-state index in [2.05, 4.69) is 6.92 Å². The number of piperazine rings is 1. The standard InChI is InChI=1S/C17H26N2O3/c1-2-3-4-5-6-9-16(20)18-10-12-19(13-11-18)17(21)15-8-7-14-22-15/h7-8,14H,2-6,9-13H2,1H3. The highest BCUT2D eigenvalue weighted by Crippen LogP contribution is 2.12. The van der Waals surface area contributed by atoms with Crippen molar-refractivity contribution < 1.29 is 14.0 Å². The Bertz CT molecular complexity index is 462. The zero-order valence-corrected chi connectivity index (χ0v) is 13.4. The first-order valence-electron chi connectivity index (χ1n) is 8.33. The Balaban J connectivity index is 1.68. The monoisotopic (exact) mass is 306 g/mol. The number of carbonyl (C=O) groups excluding carboxylic acids is 2. The minimum atomic E-state index is -0.0864. The lowest BCUT2D eigenvalue weighted by Gasteiger charge is -2.34. The van der Waals surface area contributed by atoms with Crippen LogP contribution < -0.4 is 0 Å². The van der Waals surface area contributed by atoms with Gasteiger partial charge in [-0.3, -0.25) is 9.59 Å². The van der Waals surface area contributed by atoms with Gasteiger partial charge in [-0.15, -0.1) is 0 Å². The van der Waals surface area contributed by atoms with Crippen molar-refractivity contribution in [3.63, 3.8) is 0 Å². The van der Waals surface area contributed by atoms with Gasteiger partial charge < -0.3 is 14.2 Å². The lowest BCUT2D eigenvalue weighted by Crippen LogP contribution is -2.50. The summed E-state index contributed by atoms with van der Waals surface area (Å²) in [6.07, 6.45) is 7.94. The average Bonchev–Trinajstić information content (AvgIpc) is 3.08. The van der Waals surface area contributed by atoms with Crippen LogP contribution in [0.1, 0.15) is 56.0 Å². The summed E-state index contributed by atoms with van der Waals surface area (Å²) in [6, 6.07) is 3.39. The molecule has 2 heterocycles. The number of amides is 2. The van der Waals surface area contributed by atoms with Crippen molar-refractivity contribution in [2.24, 2.45) is 0 Å². The molecule has 0 radical (unpaired) electrons. The van der Waals surface area contributed by atoms with Crippen molar-refractivity contribution in [2.45, 2.75) is 45.4 Å². The van der Waals surface area contributed by atoms with E-state index >= 15 is 0 Å². The Hall–Kier alpha value is -1.78. The van der Waals surface area contributed by atoms with Gasteiger partial charge in [-0.05, 0) is 18.6 Å². The van der Waals surface area contributed by atoms with Crippen molar-refractivity contribution in [2.75, 3.05) is 26.2 Å². The quantitative estimate of drug-likeness (QED) is 0.728. The largest absolute Gasteiger partial charge is 0.459 e. The first-order valence-corrected chi connectivity index (χ1v) is 8.33. The Morgan fingerprint density at radius 3 is 2.36 bits per heavy atom. The van der Waals surface area contributed by atoms with E-state index in [1.807, 2.05) is 4.90 Å². The number of hydrogen-bond acceptors (Lipinski definition) is 3. The van der Waals surface area contributed by atoms with E-state index in [-0.39, 0.29) is 11.8 Å². The third kappa shape index (κ3) is 4.61. The zero-order chi connectivity index (χ0) is 15.8. The molecule has 1 aromatic rings. The van der Waals surface area contributed by atoms with Gasteiger partial charge >= 0.3 is 0 Å². The number of furan rings is 1. The molecule has 0 N–H and O–H groups in total. The van der Waals surface area contributed by atoms with Crippen LogP contribution in [0.2, 0.25) is 0 Å². The van der Waals surface area contributed by atoms with Gasteiger partial charge in [0.2, 0.25) is 5.91 Å². The summed E-state index contributed by atoms with van der Waals surface area (Å²) in [5.41, 5.74) is 0. The van der Waals surface area contributed by atoms with Gasteiger partial charge in [0, 0.05) is 32.6 Å². The minimum absolute atomic E-state index is 0.0864. The molecule has 0 aliphatic carbocycles. The summed E-state index contributed by atoms with van der Waals surface area (Å²) in [7, 11) is 0. The third-order valence-electron chi connectivity index (χ3n) is 4.15. The fourth-order valence-corrected chi connectivity index (χ4v) is 2.75. The summed E-state index contributed by atoms with van der Waals surface area (Å²) in [4.78, 5) is 27.9. The van der Waals surface area contributed by atoms with Crippen molar-refractivity contribution >= 4 is 11.8 Å². The Morgan fingerprint density at radius 1 is 1.05 bits per heavy atom. The molecule has 1 aromatic heterocycles. The fourth-order valence-electron chi connectivity index (χ4n) is 2.75. The second-order valence-electron chi connectivity index (χ2n) is 5.81. The molecule has 0 bridgehead atoms. The van der Waals surface area contributed by atoms with E-state index in [0.29, 0.717) is 38.4 Å². The molecule has 0 spiro atoms. The van der Waals surface area contributed by atoms with Gasteiger partial charge in [0.1, 0.15) is 0 Å². The molecule has 2 rings (SSSR count). The minimum Gasteiger partial charge on any atom is -0.459 e. The maximum absolute atomic E-state index is 12.1. The maximum Gasteiger partial charge on any atom is 0.289 e. The molecule has 1 saturated heterocycles. The molecule has 0 atom stereocenters. The average molecular weight is 306 g/mol. The number of hydrogen-bond donors (Lipinski definition) is 0. The zero-order valence-electron chi connectivity index (χ0n) is 13.4. The third-order valence-corrected chi connectivity index (χ3v) is 4.15. The second kappa shape index (κ2) is 8.61. The molecule has 22 heavy (non-hydrogen) atoms. The predicted octanol–water partition coefficient (Wildman–Crippen LogP) is 2.92. The summed E-state index contributed by atoms with van der Waals surface area (Å²) in [5, 5.41) is 0.